The van der Waals surface area contributed by atoms with Gasteiger partial charge in [0.2, 0.25) is 0 Å². The maximum atomic E-state index is 10.4. The van der Waals surface area contributed by atoms with Crippen molar-refractivity contribution in [3.8, 4) is 0 Å². The predicted octanol–water partition coefficient (Wildman–Crippen LogP) is -1.14. The summed E-state index contributed by atoms with van der Waals surface area (Å²) in [6.45, 7) is 0. The van der Waals surface area contributed by atoms with Gasteiger partial charge in [-0.25, -0.2) is 4.57 Å². The van der Waals surface area contributed by atoms with E-state index in [9.17, 15) is 4.20 Å². The Hall–Kier alpha value is 0.963. The van der Waals surface area contributed by atoms with Crippen LogP contribution >= 0.6 is 7.91 Å². The van der Waals surface area contributed by atoms with Crippen molar-refractivity contribution < 1.29 is 18.5 Å². The third-order valence-electron chi connectivity index (χ3n) is 0. The van der Waals surface area contributed by atoms with E-state index in [0.717, 1.165) is 0 Å². The van der Waals surface area contributed by atoms with E-state index in [4.69, 9.17) is 14.4 Å². The van der Waals surface area contributed by atoms with Gasteiger partial charge in [0, 0.05) is 0 Å². The molecule has 0 fully saturated rings. The van der Waals surface area contributed by atoms with Gasteiger partial charge < -0.3 is 0 Å². The van der Waals surface area contributed by atoms with Crippen LogP contribution in [-0.2, 0) is 4.57 Å². The van der Waals surface area contributed by atoms with E-state index in [1.165, 1.54) is 0 Å². The SMILES string of the molecule is O=P(O)(O)F.[BiH3]. The summed E-state index contributed by atoms with van der Waals surface area (Å²) < 4.78 is 19.0. The summed E-state index contributed by atoms with van der Waals surface area (Å²) in [4.78, 5) is 13.9. The fourth-order valence-corrected chi connectivity index (χ4v) is 0. The molecular weight excluding hydrogens is 307 g/mol. The molecule has 2 N–H and O–H groups in total. The van der Waals surface area contributed by atoms with Gasteiger partial charge in [-0.1, -0.05) is 0 Å². The average molecular weight is 312 g/mol. The van der Waals surface area contributed by atoms with Crippen LogP contribution in [0.15, 0.2) is 0 Å². The Morgan fingerprint density at radius 3 is 1.50 bits per heavy atom. The Morgan fingerprint density at radius 2 is 1.50 bits per heavy atom. The third-order valence-corrected chi connectivity index (χ3v) is 0. The van der Waals surface area contributed by atoms with Gasteiger partial charge in [-0.2, -0.15) is 0 Å². The van der Waals surface area contributed by atoms with Crippen molar-refractivity contribution in [2.75, 3.05) is 0 Å². The van der Waals surface area contributed by atoms with Gasteiger partial charge >= 0.3 is 34.1 Å². The van der Waals surface area contributed by atoms with Crippen LogP contribution in [0.1, 0.15) is 0 Å². The van der Waals surface area contributed by atoms with E-state index in [1.807, 2.05) is 0 Å². The van der Waals surface area contributed by atoms with Crippen LogP contribution in [0.25, 0.3) is 0 Å². The molecule has 0 saturated heterocycles. The molecular formula is H5BiFO3P. The van der Waals surface area contributed by atoms with E-state index in [0.29, 0.717) is 0 Å². The molecule has 6 heteroatoms. The minimum absolute atomic E-state index is 0. The number of hydrogen-bond acceptors (Lipinski definition) is 1. The maximum absolute atomic E-state index is 10.4. The molecule has 0 unspecified atom stereocenters. The van der Waals surface area contributed by atoms with E-state index >= 15 is 0 Å². The molecule has 0 spiro atoms. The van der Waals surface area contributed by atoms with Crippen molar-refractivity contribution >= 4 is 34.1 Å². The van der Waals surface area contributed by atoms with Crippen molar-refractivity contribution in [2.24, 2.45) is 0 Å². The molecule has 0 heterocycles. The molecule has 0 saturated carbocycles. The zero-order valence-electron chi connectivity index (χ0n) is 2.83. The molecule has 0 radical (unpaired) electrons. The molecule has 0 aromatic heterocycles. The van der Waals surface area contributed by atoms with Crippen LogP contribution in [0.4, 0.5) is 4.20 Å². The van der Waals surface area contributed by atoms with Crippen LogP contribution in [0.3, 0.4) is 0 Å². The number of rotatable bonds is 0. The normalized spacial score (nSPS) is 9.83. The third kappa shape index (κ3) is 84.0. The van der Waals surface area contributed by atoms with E-state index in [2.05, 4.69) is 0 Å². The zero-order chi connectivity index (χ0) is 4.50. The van der Waals surface area contributed by atoms with Gasteiger partial charge in [0.15, 0.2) is 0 Å². The van der Waals surface area contributed by atoms with Crippen LogP contribution in [0.2, 0.25) is 0 Å². The van der Waals surface area contributed by atoms with Gasteiger partial charge in [-0.15, -0.1) is 4.20 Å². The Balaban J connectivity index is 0. The fraction of sp³-hybridized carbons (Fsp3) is 0. The molecule has 0 aliphatic rings. The van der Waals surface area contributed by atoms with Crippen LogP contribution < -0.4 is 0 Å². The Morgan fingerprint density at radius 1 is 1.50 bits per heavy atom. The molecule has 0 amide bonds. The van der Waals surface area contributed by atoms with Crippen molar-refractivity contribution in [3.05, 3.63) is 0 Å². The standard InChI is InChI=1S/Bi.FH2O3P.3H/c;1-5(2,3)4;;;/h;(H2,2,3,4);;;. The van der Waals surface area contributed by atoms with Crippen molar-refractivity contribution in [1.29, 1.82) is 0 Å². The van der Waals surface area contributed by atoms with Crippen LogP contribution in [-0.4, -0.2) is 36.0 Å². The molecule has 3 nitrogen and oxygen atoms in total. The second kappa shape index (κ2) is 3.03. The first-order valence-corrected chi connectivity index (χ1v) is 2.25. The van der Waals surface area contributed by atoms with E-state index < -0.39 is 7.91 Å². The van der Waals surface area contributed by atoms with Crippen LogP contribution in [0, 0.1) is 0 Å². The average Bonchev–Trinajstić information content (AvgIpc) is 0.722. The zero-order valence-corrected chi connectivity index (χ0v) is 9.23. The first kappa shape index (κ1) is 10.1. The summed E-state index contributed by atoms with van der Waals surface area (Å²) >= 11 is 0. The van der Waals surface area contributed by atoms with E-state index in [-0.39, 0.29) is 26.2 Å². The fourth-order valence-electron chi connectivity index (χ4n) is 0. The predicted molar refractivity (Wildman–Crippen MR) is 23.1 cm³/mol. The summed E-state index contributed by atoms with van der Waals surface area (Å²) in [6.07, 6.45) is 0. The van der Waals surface area contributed by atoms with Crippen molar-refractivity contribution in [2.45, 2.75) is 0 Å². The summed E-state index contributed by atoms with van der Waals surface area (Å²) in [7, 11) is -5.14. The summed E-state index contributed by atoms with van der Waals surface area (Å²) in [6, 6.07) is 0. The monoisotopic (exact) mass is 312 g/mol. The topological polar surface area (TPSA) is 57.5 Å². The summed E-state index contributed by atoms with van der Waals surface area (Å²) in [5.41, 5.74) is 0. The molecule has 0 aromatic carbocycles. The molecule has 0 aliphatic heterocycles. The van der Waals surface area contributed by atoms with Gasteiger partial charge in [0.05, 0.1) is 0 Å². The molecule has 0 aliphatic carbocycles. The Bertz CT molecular complexity index is 56.9. The molecule has 0 rings (SSSR count). The summed E-state index contributed by atoms with van der Waals surface area (Å²) in [5, 5.41) is 0. The first-order valence-electron chi connectivity index (χ1n) is 0.752. The Kier molecular flexibility index (Phi) is 5.08. The second-order valence-corrected chi connectivity index (χ2v) is 1.42. The first-order chi connectivity index (χ1) is 2.00. The molecule has 0 aromatic rings. The second-order valence-electron chi connectivity index (χ2n) is 0.473. The quantitative estimate of drug-likeness (QED) is 0.439. The molecule has 0 bridgehead atoms. The van der Waals surface area contributed by atoms with Crippen molar-refractivity contribution in [3.63, 3.8) is 0 Å². The van der Waals surface area contributed by atoms with Gasteiger partial charge in [-0.05, 0) is 0 Å². The molecule has 0 atom stereocenters. The molecule has 40 valence electrons. The van der Waals surface area contributed by atoms with Gasteiger partial charge in [0.25, 0.3) is 0 Å². The minimum atomic E-state index is -5.14. The van der Waals surface area contributed by atoms with E-state index in [1.54, 1.807) is 0 Å². The van der Waals surface area contributed by atoms with Gasteiger partial charge in [-0.3, -0.25) is 9.79 Å². The van der Waals surface area contributed by atoms with Gasteiger partial charge in [0.1, 0.15) is 0 Å². The number of hydrogen-bond donors (Lipinski definition) is 2. The van der Waals surface area contributed by atoms with Crippen molar-refractivity contribution in [1.82, 2.24) is 0 Å². The molecule has 6 heavy (non-hydrogen) atoms. The number of halogens is 1. The van der Waals surface area contributed by atoms with Crippen LogP contribution in [0.5, 0.6) is 0 Å². The summed E-state index contributed by atoms with van der Waals surface area (Å²) in [5.74, 6) is 0. The Labute approximate surface area is 53.0 Å².